The van der Waals surface area contributed by atoms with Gasteiger partial charge in [-0.05, 0) is 31.2 Å². The van der Waals surface area contributed by atoms with Gasteiger partial charge in [-0.25, -0.2) is 4.39 Å². The molecule has 1 aromatic rings. The highest BCUT2D eigenvalue weighted by Crippen LogP contribution is 2.11. The number of halogens is 1. The van der Waals surface area contributed by atoms with Crippen LogP contribution in [0.3, 0.4) is 0 Å². The summed E-state index contributed by atoms with van der Waals surface area (Å²) >= 11 is 0. The Labute approximate surface area is 104 Å². The van der Waals surface area contributed by atoms with Crippen molar-refractivity contribution in [2.45, 2.75) is 38.8 Å². The van der Waals surface area contributed by atoms with Gasteiger partial charge in [0.1, 0.15) is 5.82 Å². The molecule has 0 bridgehead atoms. The fraction of sp³-hybridized carbons (Fsp3) is 0.571. The number of hydrogen-bond acceptors (Lipinski definition) is 2. The highest BCUT2D eigenvalue weighted by Gasteiger charge is 2.12. The van der Waals surface area contributed by atoms with Crippen LogP contribution >= 0.6 is 0 Å². The Morgan fingerprint density at radius 2 is 2.18 bits per heavy atom. The van der Waals surface area contributed by atoms with Crippen LogP contribution in [-0.2, 0) is 6.54 Å². The lowest BCUT2D eigenvalue weighted by molar-refractivity contribution is 0.223. The fourth-order valence-electron chi connectivity index (χ4n) is 2.01. The van der Waals surface area contributed by atoms with Crippen LogP contribution in [0.5, 0.6) is 0 Å². The third-order valence-corrected chi connectivity index (χ3v) is 3.11. The lowest BCUT2D eigenvalue weighted by Crippen LogP contribution is -2.37. The molecule has 0 aliphatic rings. The molecule has 0 saturated carbocycles. The molecular weight excluding hydrogens is 215 g/mol. The highest BCUT2D eigenvalue weighted by atomic mass is 19.1. The number of hydrogen-bond donors (Lipinski definition) is 1. The van der Waals surface area contributed by atoms with Crippen molar-refractivity contribution in [2.24, 2.45) is 5.73 Å². The number of likely N-dealkylation sites (N-methyl/N-ethyl adjacent to an activating group) is 1. The summed E-state index contributed by atoms with van der Waals surface area (Å²) in [6.45, 7) is 3.59. The Morgan fingerprint density at radius 3 is 2.76 bits per heavy atom. The third-order valence-electron chi connectivity index (χ3n) is 3.11. The second-order valence-electron chi connectivity index (χ2n) is 4.58. The van der Waals surface area contributed by atoms with Gasteiger partial charge >= 0.3 is 0 Å². The first-order chi connectivity index (χ1) is 8.17. The summed E-state index contributed by atoms with van der Waals surface area (Å²) < 4.78 is 13.1. The maximum absolute atomic E-state index is 13.1. The Morgan fingerprint density at radius 1 is 1.41 bits per heavy atom. The maximum Gasteiger partial charge on any atom is 0.123 e. The van der Waals surface area contributed by atoms with Gasteiger partial charge in [-0.1, -0.05) is 31.9 Å². The fourth-order valence-corrected chi connectivity index (χ4v) is 2.01. The van der Waals surface area contributed by atoms with E-state index in [1.807, 2.05) is 6.07 Å². The van der Waals surface area contributed by atoms with Crippen LogP contribution in [0.4, 0.5) is 4.39 Å². The molecule has 1 aromatic carbocycles. The summed E-state index contributed by atoms with van der Waals surface area (Å²) in [4.78, 5) is 2.21. The zero-order chi connectivity index (χ0) is 12.7. The smallest absolute Gasteiger partial charge is 0.123 e. The molecule has 0 radical (unpaired) electrons. The van der Waals surface area contributed by atoms with E-state index in [2.05, 4.69) is 18.9 Å². The van der Waals surface area contributed by atoms with Gasteiger partial charge in [0, 0.05) is 19.1 Å². The first-order valence-electron chi connectivity index (χ1n) is 6.32. The Balaban J connectivity index is 2.54. The molecule has 0 aliphatic heterocycles. The standard InChI is InChI=1S/C14H23FN2/c1-3-4-8-14(10-16)17(2)11-12-6-5-7-13(15)9-12/h5-7,9,14H,3-4,8,10-11,16H2,1-2H3. The molecule has 0 saturated heterocycles. The summed E-state index contributed by atoms with van der Waals surface area (Å²) in [5.74, 6) is -0.172. The van der Waals surface area contributed by atoms with Crippen LogP contribution in [-0.4, -0.2) is 24.5 Å². The predicted molar refractivity (Wildman–Crippen MR) is 70.2 cm³/mol. The molecule has 96 valence electrons. The predicted octanol–water partition coefficient (Wildman–Crippen LogP) is 2.78. The van der Waals surface area contributed by atoms with E-state index in [4.69, 9.17) is 5.73 Å². The van der Waals surface area contributed by atoms with Gasteiger partial charge in [-0.3, -0.25) is 4.90 Å². The van der Waals surface area contributed by atoms with Crippen LogP contribution in [0.25, 0.3) is 0 Å². The van der Waals surface area contributed by atoms with E-state index in [9.17, 15) is 4.39 Å². The summed E-state index contributed by atoms with van der Waals surface area (Å²) in [5, 5.41) is 0. The normalized spacial score (nSPS) is 13.0. The topological polar surface area (TPSA) is 29.3 Å². The average Bonchev–Trinajstić information content (AvgIpc) is 2.30. The molecular formula is C14H23FN2. The van der Waals surface area contributed by atoms with E-state index >= 15 is 0 Å². The van der Waals surface area contributed by atoms with E-state index in [0.717, 1.165) is 18.5 Å². The maximum atomic E-state index is 13.1. The molecule has 3 heteroatoms. The van der Waals surface area contributed by atoms with Crippen LogP contribution in [0.1, 0.15) is 31.7 Å². The minimum absolute atomic E-state index is 0.172. The lowest BCUT2D eigenvalue weighted by Gasteiger charge is -2.27. The second-order valence-corrected chi connectivity index (χ2v) is 4.58. The Kier molecular flexibility index (Phi) is 6.16. The third kappa shape index (κ3) is 4.84. The molecule has 1 atom stereocenters. The molecule has 0 spiro atoms. The largest absolute Gasteiger partial charge is 0.329 e. The van der Waals surface area contributed by atoms with E-state index in [1.165, 1.54) is 18.9 Å². The van der Waals surface area contributed by atoms with E-state index < -0.39 is 0 Å². The highest BCUT2D eigenvalue weighted by molar-refractivity contribution is 5.16. The van der Waals surface area contributed by atoms with Crippen LogP contribution in [0.15, 0.2) is 24.3 Å². The van der Waals surface area contributed by atoms with Gasteiger partial charge in [0.15, 0.2) is 0 Å². The molecule has 1 unspecified atom stereocenters. The molecule has 17 heavy (non-hydrogen) atoms. The second kappa shape index (κ2) is 7.41. The van der Waals surface area contributed by atoms with Crippen molar-refractivity contribution in [1.82, 2.24) is 4.90 Å². The molecule has 0 aromatic heterocycles. The van der Waals surface area contributed by atoms with Crippen molar-refractivity contribution in [3.05, 3.63) is 35.6 Å². The monoisotopic (exact) mass is 238 g/mol. The Hall–Kier alpha value is -0.930. The number of rotatable bonds is 7. The quantitative estimate of drug-likeness (QED) is 0.791. The van der Waals surface area contributed by atoms with Gasteiger partial charge in [-0.2, -0.15) is 0 Å². The van der Waals surface area contributed by atoms with Crippen molar-refractivity contribution in [1.29, 1.82) is 0 Å². The van der Waals surface area contributed by atoms with Gasteiger partial charge < -0.3 is 5.73 Å². The first-order valence-corrected chi connectivity index (χ1v) is 6.32. The van der Waals surface area contributed by atoms with E-state index in [0.29, 0.717) is 12.6 Å². The molecule has 1 rings (SSSR count). The van der Waals surface area contributed by atoms with Crippen LogP contribution < -0.4 is 5.73 Å². The molecule has 2 N–H and O–H groups in total. The van der Waals surface area contributed by atoms with Gasteiger partial charge in [0.05, 0.1) is 0 Å². The molecule has 0 aliphatic carbocycles. The summed E-state index contributed by atoms with van der Waals surface area (Å²) in [6, 6.07) is 7.15. The van der Waals surface area contributed by atoms with Crippen molar-refractivity contribution in [3.63, 3.8) is 0 Å². The lowest BCUT2D eigenvalue weighted by atomic mass is 10.1. The summed E-state index contributed by atoms with van der Waals surface area (Å²) in [7, 11) is 2.05. The van der Waals surface area contributed by atoms with Gasteiger partial charge in [-0.15, -0.1) is 0 Å². The van der Waals surface area contributed by atoms with E-state index in [-0.39, 0.29) is 5.82 Å². The van der Waals surface area contributed by atoms with E-state index in [1.54, 1.807) is 12.1 Å². The van der Waals surface area contributed by atoms with Crippen molar-refractivity contribution < 1.29 is 4.39 Å². The van der Waals surface area contributed by atoms with Crippen LogP contribution in [0, 0.1) is 5.82 Å². The number of nitrogens with zero attached hydrogens (tertiary/aromatic N) is 1. The number of unbranched alkanes of at least 4 members (excludes halogenated alkanes) is 1. The van der Waals surface area contributed by atoms with Crippen molar-refractivity contribution >= 4 is 0 Å². The van der Waals surface area contributed by atoms with Crippen LogP contribution in [0.2, 0.25) is 0 Å². The first kappa shape index (κ1) is 14.1. The van der Waals surface area contributed by atoms with Crippen molar-refractivity contribution in [2.75, 3.05) is 13.6 Å². The van der Waals surface area contributed by atoms with Gasteiger partial charge in [0.2, 0.25) is 0 Å². The molecule has 0 amide bonds. The summed E-state index contributed by atoms with van der Waals surface area (Å²) in [6.07, 6.45) is 3.48. The summed E-state index contributed by atoms with van der Waals surface area (Å²) in [5.41, 5.74) is 6.78. The van der Waals surface area contributed by atoms with Crippen molar-refractivity contribution in [3.8, 4) is 0 Å². The Bertz CT molecular complexity index is 328. The molecule has 0 heterocycles. The van der Waals surface area contributed by atoms with Gasteiger partial charge in [0.25, 0.3) is 0 Å². The molecule has 0 fully saturated rings. The zero-order valence-corrected chi connectivity index (χ0v) is 10.8. The number of nitrogens with two attached hydrogens (primary N) is 1. The molecule has 2 nitrogen and oxygen atoms in total. The minimum atomic E-state index is -0.172. The average molecular weight is 238 g/mol. The number of benzene rings is 1. The SMILES string of the molecule is CCCCC(CN)N(C)Cc1cccc(F)c1. The zero-order valence-electron chi connectivity index (χ0n) is 10.8. The minimum Gasteiger partial charge on any atom is -0.329 e.